The summed E-state index contributed by atoms with van der Waals surface area (Å²) in [6, 6.07) is 14.3. The molecule has 1 atom stereocenters. The predicted molar refractivity (Wildman–Crippen MR) is 110 cm³/mol. The monoisotopic (exact) mass is 370 g/mol. The second-order valence-corrected chi connectivity index (χ2v) is 7.58. The van der Waals surface area contributed by atoms with Crippen molar-refractivity contribution in [2.24, 2.45) is 0 Å². The van der Waals surface area contributed by atoms with Gasteiger partial charge in [-0.15, -0.1) is 0 Å². The Morgan fingerprint density at radius 3 is 2.62 bits per heavy atom. The first-order valence-corrected chi connectivity index (χ1v) is 9.34. The van der Waals surface area contributed by atoms with Crippen molar-refractivity contribution in [3.63, 3.8) is 0 Å². The molecule has 0 amide bonds. The maximum absolute atomic E-state index is 6.13. The number of anilines is 1. The molecule has 3 rings (SSSR count). The quantitative estimate of drug-likeness (QED) is 0.754. The van der Waals surface area contributed by atoms with E-state index >= 15 is 0 Å². The zero-order valence-corrected chi connectivity index (χ0v) is 16.6. The summed E-state index contributed by atoms with van der Waals surface area (Å²) in [6.07, 6.45) is 1.85. The van der Waals surface area contributed by atoms with Crippen LogP contribution in [0.1, 0.15) is 44.4 Å². The molecule has 0 saturated heterocycles. The van der Waals surface area contributed by atoms with Crippen LogP contribution in [-0.4, -0.2) is 17.8 Å². The first-order chi connectivity index (χ1) is 12.4. The first kappa shape index (κ1) is 18.5. The second kappa shape index (κ2) is 7.54. The zero-order valence-electron chi connectivity index (χ0n) is 15.8. The van der Waals surface area contributed by atoms with Crippen LogP contribution in [0.3, 0.4) is 0 Å². The van der Waals surface area contributed by atoms with Gasteiger partial charge in [0.05, 0.1) is 13.2 Å². The third kappa shape index (κ3) is 4.28. The molecule has 2 aromatic rings. The number of ether oxygens (including phenoxy) is 2. The van der Waals surface area contributed by atoms with E-state index in [-0.39, 0.29) is 11.6 Å². The molecule has 2 N–H and O–H groups in total. The molecule has 0 spiro atoms. The van der Waals surface area contributed by atoms with Crippen LogP contribution < -0.4 is 20.1 Å². The van der Waals surface area contributed by atoms with Crippen molar-refractivity contribution in [3.05, 3.63) is 53.6 Å². The Labute approximate surface area is 160 Å². The van der Waals surface area contributed by atoms with E-state index in [4.69, 9.17) is 21.7 Å². The van der Waals surface area contributed by atoms with E-state index in [0.717, 1.165) is 35.6 Å². The Balaban J connectivity index is 1.75. The van der Waals surface area contributed by atoms with E-state index < -0.39 is 0 Å². The molecule has 1 aliphatic heterocycles. The molecular formula is C21H26N2O2S. The van der Waals surface area contributed by atoms with Gasteiger partial charge in [0.2, 0.25) is 0 Å². The van der Waals surface area contributed by atoms with Crippen LogP contribution in [0, 0.1) is 0 Å². The van der Waals surface area contributed by atoms with E-state index in [9.17, 15) is 0 Å². The Bertz CT molecular complexity index is 787. The van der Waals surface area contributed by atoms with Gasteiger partial charge < -0.3 is 20.1 Å². The predicted octanol–water partition coefficient (Wildman–Crippen LogP) is 4.85. The Morgan fingerprint density at radius 2 is 1.96 bits per heavy atom. The molecule has 4 nitrogen and oxygen atoms in total. The van der Waals surface area contributed by atoms with Crippen molar-refractivity contribution in [2.75, 3.05) is 12.4 Å². The van der Waals surface area contributed by atoms with E-state index in [1.54, 1.807) is 7.11 Å². The Kier molecular flexibility index (Phi) is 5.37. The third-order valence-electron chi connectivity index (χ3n) is 4.60. The highest BCUT2D eigenvalue weighted by Crippen LogP contribution is 2.41. The highest BCUT2D eigenvalue weighted by Gasteiger charge is 2.34. The lowest BCUT2D eigenvalue weighted by Gasteiger charge is -2.38. The SMILES string of the molecule is CCc1ccc(NC(=S)N[C@@H]2CC(C)(C)Oc3cc(OC)ccc32)cc1. The lowest BCUT2D eigenvalue weighted by molar-refractivity contribution is 0.0693. The number of hydrogen-bond donors (Lipinski definition) is 2. The number of hydrogen-bond acceptors (Lipinski definition) is 3. The second-order valence-electron chi connectivity index (χ2n) is 7.17. The maximum atomic E-state index is 6.13. The molecule has 0 aliphatic carbocycles. The fourth-order valence-corrected chi connectivity index (χ4v) is 3.50. The van der Waals surface area contributed by atoms with E-state index in [1.807, 2.05) is 18.2 Å². The molecule has 0 fully saturated rings. The fraction of sp³-hybridized carbons (Fsp3) is 0.381. The first-order valence-electron chi connectivity index (χ1n) is 8.93. The molecule has 0 bridgehead atoms. The average molecular weight is 371 g/mol. The minimum absolute atomic E-state index is 0.0783. The van der Waals surface area contributed by atoms with Gasteiger partial charge in [-0.25, -0.2) is 0 Å². The van der Waals surface area contributed by atoms with Crippen LogP contribution in [-0.2, 0) is 6.42 Å². The van der Waals surface area contributed by atoms with E-state index in [1.165, 1.54) is 5.56 Å². The van der Waals surface area contributed by atoms with Gasteiger partial charge in [-0.2, -0.15) is 0 Å². The van der Waals surface area contributed by atoms with Crippen molar-refractivity contribution >= 4 is 23.0 Å². The Hall–Kier alpha value is -2.27. The molecule has 0 saturated carbocycles. The topological polar surface area (TPSA) is 42.5 Å². The van der Waals surface area contributed by atoms with Crippen LogP contribution in [0.5, 0.6) is 11.5 Å². The van der Waals surface area contributed by atoms with Crippen molar-refractivity contribution in [2.45, 2.75) is 45.3 Å². The van der Waals surface area contributed by atoms with Crippen LogP contribution in [0.15, 0.2) is 42.5 Å². The Morgan fingerprint density at radius 1 is 1.23 bits per heavy atom. The maximum Gasteiger partial charge on any atom is 0.171 e. The summed E-state index contributed by atoms with van der Waals surface area (Å²) in [5.41, 5.74) is 3.11. The van der Waals surface area contributed by atoms with Gasteiger partial charge in [0.15, 0.2) is 5.11 Å². The molecule has 2 aromatic carbocycles. The standard InChI is InChI=1S/C21H26N2O2S/c1-5-14-6-8-15(9-7-14)22-20(26)23-18-13-21(2,3)25-19-12-16(24-4)10-11-17(18)19/h6-12,18H,5,13H2,1-4H3,(H2,22,23,26)/t18-/m1/s1. The summed E-state index contributed by atoms with van der Waals surface area (Å²) in [7, 11) is 1.66. The van der Waals surface area contributed by atoms with E-state index in [0.29, 0.717) is 5.11 Å². The van der Waals surface area contributed by atoms with Crippen molar-refractivity contribution in [1.82, 2.24) is 5.32 Å². The molecule has 1 aliphatic rings. The van der Waals surface area contributed by atoms with Crippen LogP contribution >= 0.6 is 12.2 Å². The van der Waals surface area contributed by atoms with Crippen LogP contribution in [0.2, 0.25) is 0 Å². The molecule has 0 radical (unpaired) electrons. The number of nitrogens with one attached hydrogen (secondary N) is 2. The number of thiocarbonyl (C=S) groups is 1. The summed E-state index contributed by atoms with van der Waals surface area (Å²) < 4.78 is 11.5. The lowest BCUT2D eigenvalue weighted by Crippen LogP contribution is -2.42. The molecule has 0 unspecified atom stereocenters. The van der Waals surface area contributed by atoms with Crippen molar-refractivity contribution < 1.29 is 9.47 Å². The molecule has 0 aromatic heterocycles. The highest BCUT2D eigenvalue weighted by atomic mass is 32.1. The number of methoxy groups -OCH3 is 1. The summed E-state index contributed by atoms with van der Waals surface area (Å²) >= 11 is 5.54. The van der Waals surface area contributed by atoms with Gasteiger partial charge in [0.25, 0.3) is 0 Å². The largest absolute Gasteiger partial charge is 0.497 e. The van der Waals surface area contributed by atoms with Gasteiger partial charge in [-0.1, -0.05) is 19.1 Å². The van der Waals surface area contributed by atoms with E-state index in [2.05, 4.69) is 55.7 Å². The molecule has 1 heterocycles. The van der Waals surface area contributed by atoms with Crippen molar-refractivity contribution in [3.8, 4) is 11.5 Å². The number of rotatable bonds is 4. The normalized spacial score (nSPS) is 17.6. The number of benzene rings is 2. The average Bonchev–Trinajstić information content (AvgIpc) is 2.60. The van der Waals surface area contributed by atoms with Crippen LogP contribution in [0.25, 0.3) is 0 Å². The van der Waals surface area contributed by atoms with Gasteiger partial charge in [-0.3, -0.25) is 0 Å². The minimum atomic E-state index is -0.282. The molecule has 138 valence electrons. The number of aryl methyl sites for hydroxylation is 1. The lowest BCUT2D eigenvalue weighted by atomic mass is 9.89. The van der Waals surface area contributed by atoms with Gasteiger partial charge >= 0.3 is 0 Å². The fourth-order valence-electron chi connectivity index (χ4n) is 3.24. The molecule has 5 heteroatoms. The summed E-state index contributed by atoms with van der Waals surface area (Å²) in [5, 5.41) is 7.33. The summed E-state index contributed by atoms with van der Waals surface area (Å²) in [5.74, 6) is 1.63. The highest BCUT2D eigenvalue weighted by molar-refractivity contribution is 7.80. The molecule has 26 heavy (non-hydrogen) atoms. The number of fused-ring (bicyclic) bond motifs is 1. The van der Waals surface area contributed by atoms with Crippen molar-refractivity contribution in [1.29, 1.82) is 0 Å². The zero-order chi connectivity index (χ0) is 18.7. The van der Waals surface area contributed by atoms with Gasteiger partial charge in [0, 0.05) is 23.7 Å². The van der Waals surface area contributed by atoms with Crippen LogP contribution in [0.4, 0.5) is 5.69 Å². The summed E-state index contributed by atoms with van der Waals surface area (Å²) in [4.78, 5) is 0. The van der Waals surface area contributed by atoms with Gasteiger partial charge in [-0.05, 0) is 62.3 Å². The molecular weight excluding hydrogens is 344 g/mol. The third-order valence-corrected chi connectivity index (χ3v) is 4.82. The smallest absolute Gasteiger partial charge is 0.171 e. The minimum Gasteiger partial charge on any atom is -0.497 e. The van der Waals surface area contributed by atoms with Gasteiger partial charge in [0.1, 0.15) is 17.1 Å². The summed E-state index contributed by atoms with van der Waals surface area (Å²) in [6.45, 7) is 6.32.